The van der Waals surface area contributed by atoms with Gasteiger partial charge >= 0.3 is 30.0 Å². The Hall–Kier alpha value is -5.40. The molecule has 2 aromatic rings. The van der Waals surface area contributed by atoms with Gasteiger partial charge in [-0.1, -0.05) is 62.4 Å². The number of nitrogens with one attached hydrogen (secondary N) is 1. The fourth-order valence-corrected chi connectivity index (χ4v) is 11.2. The van der Waals surface area contributed by atoms with Gasteiger partial charge in [-0.3, -0.25) is 9.59 Å². The van der Waals surface area contributed by atoms with Gasteiger partial charge in [0, 0.05) is 25.2 Å². The zero-order valence-corrected chi connectivity index (χ0v) is 41.7. The lowest BCUT2D eigenvalue weighted by molar-refractivity contribution is -0.346. The maximum absolute atomic E-state index is 16.0. The van der Waals surface area contributed by atoms with Gasteiger partial charge in [-0.25, -0.2) is 19.2 Å². The second-order valence-corrected chi connectivity index (χ2v) is 21.0. The molecule has 0 radical (unpaired) electrons. The lowest BCUT2D eigenvalue weighted by Crippen LogP contribution is -2.82. The van der Waals surface area contributed by atoms with Crippen LogP contribution in [0.15, 0.2) is 71.8 Å². The Labute approximate surface area is 420 Å². The average molecular weight is 1030 g/mol. The molecular formula is C51H65NO21. The molecular weight excluding hydrogens is 963 g/mol. The first-order valence-corrected chi connectivity index (χ1v) is 23.9. The number of fused-ring (bicyclic) bond motifs is 5. The van der Waals surface area contributed by atoms with Crippen molar-refractivity contribution in [3.8, 4) is 0 Å². The van der Waals surface area contributed by atoms with Crippen LogP contribution in [-0.4, -0.2) is 175 Å². The molecule has 22 heteroatoms. The van der Waals surface area contributed by atoms with Crippen LogP contribution in [0.4, 0.5) is 4.79 Å². The monoisotopic (exact) mass is 1030 g/mol. The fraction of sp³-hybridized carbons (Fsp3) is 0.608. The largest absolute Gasteiger partial charge is 0.456 e. The van der Waals surface area contributed by atoms with E-state index in [9.17, 15) is 59.7 Å². The second-order valence-electron chi connectivity index (χ2n) is 21.0. The van der Waals surface area contributed by atoms with Crippen LogP contribution in [0.1, 0.15) is 90.2 Å². The molecule has 4 fully saturated rings. The predicted molar refractivity (Wildman–Crippen MR) is 247 cm³/mol. The molecule has 2 aliphatic heterocycles. The molecule has 16 atom stereocenters. The number of Topliss-reactive ketones (excluding diaryl/α,β-unsaturated/α-hetero) is 1. The molecule has 22 nitrogen and oxygen atoms in total. The highest BCUT2D eigenvalue weighted by atomic mass is 16.7. The van der Waals surface area contributed by atoms with Crippen LogP contribution in [0.3, 0.4) is 0 Å². The summed E-state index contributed by atoms with van der Waals surface area (Å²) in [6, 6.07) is 14.0. The Morgan fingerprint density at radius 1 is 0.890 bits per heavy atom. The van der Waals surface area contributed by atoms with Gasteiger partial charge in [0.1, 0.15) is 60.5 Å². The minimum Gasteiger partial charge on any atom is -0.456 e. The van der Waals surface area contributed by atoms with Crippen molar-refractivity contribution in [1.82, 2.24) is 5.32 Å². The number of hydrogen-bond donors (Lipinski definition) is 8. The molecule has 7 rings (SSSR count). The summed E-state index contributed by atoms with van der Waals surface area (Å²) in [5.41, 5.74) is -9.64. The number of benzene rings is 2. The van der Waals surface area contributed by atoms with E-state index < -0.39 is 169 Å². The molecule has 400 valence electrons. The Bertz CT molecular complexity index is 2440. The van der Waals surface area contributed by atoms with E-state index in [-0.39, 0.29) is 28.7 Å². The van der Waals surface area contributed by atoms with Crippen LogP contribution >= 0.6 is 0 Å². The highest BCUT2D eigenvalue weighted by molar-refractivity contribution is 5.96. The van der Waals surface area contributed by atoms with Gasteiger partial charge in [-0.15, -0.1) is 0 Å². The Morgan fingerprint density at radius 2 is 1.52 bits per heavy atom. The number of carbonyl (C=O) groups excluding carboxylic acids is 6. The summed E-state index contributed by atoms with van der Waals surface area (Å²) in [5.74, 6) is -7.39. The van der Waals surface area contributed by atoms with E-state index in [2.05, 4.69) is 5.32 Å². The predicted octanol–water partition coefficient (Wildman–Crippen LogP) is 0.627. The van der Waals surface area contributed by atoms with E-state index in [0.29, 0.717) is 0 Å². The zero-order valence-electron chi connectivity index (χ0n) is 41.7. The van der Waals surface area contributed by atoms with Gasteiger partial charge in [0.15, 0.2) is 29.9 Å². The smallest absolute Gasteiger partial charge is 0.408 e. The third-order valence-electron chi connectivity index (χ3n) is 15.0. The molecule has 5 aliphatic rings. The van der Waals surface area contributed by atoms with E-state index in [1.807, 2.05) is 0 Å². The van der Waals surface area contributed by atoms with Crippen LogP contribution in [0.2, 0.25) is 0 Å². The van der Waals surface area contributed by atoms with E-state index in [1.54, 1.807) is 57.2 Å². The van der Waals surface area contributed by atoms with Crippen molar-refractivity contribution in [3.05, 3.63) is 82.9 Å². The molecule has 8 N–H and O–H groups in total. The molecule has 73 heavy (non-hydrogen) atoms. The number of aliphatic hydroxyl groups excluding tert-OH is 6. The quantitative estimate of drug-likeness (QED) is 0.0775. The maximum Gasteiger partial charge on any atom is 0.408 e. The van der Waals surface area contributed by atoms with Gasteiger partial charge < -0.3 is 79.0 Å². The van der Waals surface area contributed by atoms with Gasteiger partial charge in [0.05, 0.1) is 42.3 Å². The summed E-state index contributed by atoms with van der Waals surface area (Å²) in [6.45, 7) is 9.15. The number of carbonyl (C=O) groups is 6. The first kappa shape index (κ1) is 55.4. The molecule has 3 aliphatic carbocycles. The summed E-state index contributed by atoms with van der Waals surface area (Å²) in [4.78, 5) is 85.4. The van der Waals surface area contributed by atoms with Crippen LogP contribution in [-0.2, 0) is 57.1 Å². The third kappa shape index (κ3) is 10.1. The third-order valence-corrected chi connectivity index (χ3v) is 15.0. The number of esters is 4. The van der Waals surface area contributed by atoms with E-state index in [0.717, 1.165) is 6.92 Å². The van der Waals surface area contributed by atoms with Gasteiger partial charge in [-0.2, -0.15) is 0 Å². The van der Waals surface area contributed by atoms with Gasteiger partial charge in [-0.05, 0) is 63.5 Å². The van der Waals surface area contributed by atoms with Crippen LogP contribution in [0, 0.1) is 16.7 Å². The van der Waals surface area contributed by atoms with Crippen molar-refractivity contribution in [2.24, 2.45) is 16.7 Å². The SMILES string of the molecule is CC(=O)O[C@@]12CO[C@@H]1C[C@H](O)[C@@]1(C)C(=O)[C@H](OC(=O)CO[C@@H]3O[C@H](CO)[C@H](O)[C@H](O)[C@H]3O)C3=C(C)[C@@H](OC(=O)[C@H](O)[C@@H](NC(=O)OC(C)(C)C)c4ccccc4)C[C@@](O)([C@@H](OC(=O)c4ccccc4)[C@H]21)C3(C)C. The first-order chi connectivity index (χ1) is 34.1. The highest BCUT2D eigenvalue weighted by Gasteiger charge is 2.78. The topological polar surface area (TPSA) is 330 Å². The summed E-state index contributed by atoms with van der Waals surface area (Å²) >= 11 is 0. The summed E-state index contributed by atoms with van der Waals surface area (Å²) in [5, 5.41) is 81.6. The Kier molecular flexibility index (Phi) is 15.7. The number of hydrogen-bond acceptors (Lipinski definition) is 21. The molecule has 0 spiro atoms. The van der Waals surface area contributed by atoms with E-state index in [4.69, 9.17) is 37.9 Å². The summed E-state index contributed by atoms with van der Waals surface area (Å²) in [7, 11) is 0. The van der Waals surface area contributed by atoms with Crippen molar-refractivity contribution >= 4 is 35.8 Å². The number of alkyl carbamates (subject to hydrolysis) is 1. The van der Waals surface area contributed by atoms with Gasteiger partial charge in [0.25, 0.3) is 0 Å². The van der Waals surface area contributed by atoms with Crippen molar-refractivity contribution in [2.75, 3.05) is 19.8 Å². The van der Waals surface area contributed by atoms with Crippen LogP contribution < -0.4 is 5.32 Å². The van der Waals surface area contributed by atoms with Crippen LogP contribution in [0.5, 0.6) is 0 Å². The lowest BCUT2D eigenvalue weighted by atomic mass is 9.44. The van der Waals surface area contributed by atoms with Crippen LogP contribution in [0.25, 0.3) is 0 Å². The van der Waals surface area contributed by atoms with E-state index >= 15 is 4.79 Å². The molecule has 2 bridgehead atoms. The molecule has 0 aromatic heterocycles. The standard InChI is InChI=1S/C51H65NO21/c1-24-28(68-44(63)36(58)34(26-15-11-9-12-16-26)52-46(64)73-47(3,4)5)20-51(65)42(71-43(62)27-17-13-10-14-18-27)40-49(8,30(55)19-31-50(40,23-67-31)72-25(2)54)41(61)39(33(24)48(51,6)7)70-32(56)22-66-45-38(60)37(59)35(57)29(21-53)69-45/h9-18,28-31,34-40,42,45,53,55,57-60,65H,19-23H2,1-8H3,(H,52,64)/t28-,29+,30-,31+,34-,35-,36+,37-,38+,39+,40-,42-,45+,49+,50-,51+/m0/s1. The number of amides is 1. The number of rotatable bonds is 13. The lowest BCUT2D eigenvalue weighted by Gasteiger charge is -2.67. The summed E-state index contributed by atoms with van der Waals surface area (Å²) in [6.07, 6.45) is -21.8. The molecule has 0 unspecified atom stereocenters. The van der Waals surface area contributed by atoms with Crippen molar-refractivity contribution in [2.45, 2.75) is 158 Å². The zero-order chi connectivity index (χ0) is 53.7. The molecule has 2 saturated heterocycles. The number of ether oxygens (including phenoxy) is 8. The normalized spacial score (nSPS) is 35.5. The molecule has 2 heterocycles. The minimum absolute atomic E-state index is 0.00683. The average Bonchev–Trinajstić information content (AvgIpc) is 3.32. The first-order valence-electron chi connectivity index (χ1n) is 23.9. The Balaban J connectivity index is 1.38. The van der Waals surface area contributed by atoms with Gasteiger partial charge in [0.2, 0.25) is 0 Å². The van der Waals surface area contributed by atoms with Crippen molar-refractivity contribution in [3.63, 3.8) is 0 Å². The number of ketones is 1. The highest BCUT2D eigenvalue weighted by Crippen LogP contribution is 2.64. The Morgan fingerprint density at radius 3 is 2.10 bits per heavy atom. The fourth-order valence-electron chi connectivity index (χ4n) is 11.2. The minimum atomic E-state index is -2.58. The summed E-state index contributed by atoms with van der Waals surface area (Å²) < 4.78 is 46.8. The maximum atomic E-state index is 16.0. The van der Waals surface area contributed by atoms with Crippen molar-refractivity contribution < 1.29 is 102 Å². The second kappa shape index (κ2) is 20.7. The molecule has 2 aromatic carbocycles. The van der Waals surface area contributed by atoms with Crippen molar-refractivity contribution in [1.29, 1.82) is 0 Å². The van der Waals surface area contributed by atoms with E-state index in [1.165, 1.54) is 52.0 Å². The molecule has 1 amide bonds. The molecule has 2 saturated carbocycles. The number of aliphatic hydroxyl groups is 7.